The lowest BCUT2D eigenvalue weighted by atomic mass is 10.1. The van der Waals surface area contributed by atoms with Crippen LogP contribution in [0.2, 0.25) is 0 Å². The van der Waals surface area contributed by atoms with Crippen LogP contribution in [0, 0.1) is 0 Å². The molecule has 0 aromatic carbocycles. The second kappa shape index (κ2) is 12.4. The predicted molar refractivity (Wildman–Crippen MR) is 88.2 cm³/mol. The van der Waals surface area contributed by atoms with Gasteiger partial charge in [-0.25, -0.2) is 0 Å². The molecule has 0 spiro atoms. The molecule has 0 amide bonds. The van der Waals surface area contributed by atoms with E-state index in [1.165, 1.54) is 0 Å². The summed E-state index contributed by atoms with van der Waals surface area (Å²) >= 11 is 0. The van der Waals surface area contributed by atoms with Crippen molar-refractivity contribution in [1.82, 2.24) is 0 Å². The number of unbranched alkanes of at least 4 members (excludes halogenated alkanes) is 4. The van der Waals surface area contributed by atoms with Gasteiger partial charge in [0.05, 0.1) is 13.7 Å². The van der Waals surface area contributed by atoms with Gasteiger partial charge in [-0.05, 0) is 12.8 Å². The van der Waals surface area contributed by atoms with Crippen molar-refractivity contribution in [2.24, 2.45) is 0 Å². The van der Waals surface area contributed by atoms with Crippen LogP contribution in [0.15, 0.2) is 0 Å². The van der Waals surface area contributed by atoms with Crippen LogP contribution in [-0.4, -0.2) is 65.3 Å². The molecule has 0 aliphatic heterocycles. The van der Waals surface area contributed by atoms with Crippen LogP contribution in [0.3, 0.4) is 0 Å². The topological polar surface area (TPSA) is 60.7 Å². The fourth-order valence-corrected chi connectivity index (χ4v) is 2.96. The minimum absolute atomic E-state index is 0.0971. The van der Waals surface area contributed by atoms with Gasteiger partial charge in [0.1, 0.15) is 31.8 Å². The Labute approximate surface area is 131 Å². The van der Waals surface area contributed by atoms with E-state index in [0.29, 0.717) is 24.1 Å². The van der Waals surface area contributed by atoms with Crippen molar-refractivity contribution in [3.63, 3.8) is 0 Å². The molecular weight excluding hydrogens is 266 g/mol. The van der Waals surface area contributed by atoms with E-state index in [1.807, 2.05) is 7.05 Å². The molecule has 0 aliphatic carbocycles. The molecule has 0 aliphatic rings. The summed E-state index contributed by atoms with van der Waals surface area (Å²) < 4.78 is 0.553. The summed E-state index contributed by atoms with van der Waals surface area (Å²) in [5, 5.41) is 29.6. The predicted octanol–water partition coefficient (Wildman–Crippen LogP) is 2.31. The highest BCUT2D eigenvalue weighted by atomic mass is 16.3. The lowest BCUT2D eigenvalue weighted by molar-refractivity contribution is -0.915. The van der Waals surface area contributed by atoms with E-state index in [0.717, 1.165) is 51.4 Å². The molecule has 4 heteroatoms. The molecule has 0 aromatic heterocycles. The van der Waals surface area contributed by atoms with E-state index >= 15 is 0 Å². The van der Waals surface area contributed by atoms with E-state index in [-0.39, 0.29) is 18.8 Å². The number of likely N-dealkylation sites (N-methyl/N-ethyl adjacent to an activating group) is 1. The monoisotopic (exact) mass is 304 g/mol. The van der Waals surface area contributed by atoms with Crippen molar-refractivity contribution < 1.29 is 19.8 Å². The van der Waals surface area contributed by atoms with Gasteiger partial charge >= 0.3 is 0 Å². The quantitative estimate of drug-likeness (QED) is 0.341. The average Bonchev–Trinajstić information content (AvgIpc) is 2.39. The number of aliphatic hydroxyl groups excluding tert-OH is 3. The SMILES string of the molecule is CCCCCC(O)C[N+](C)(CCO)CC(O)CCCCC. The maximum absolute atomic E-state index is 10.2. The fourth-order valence-electron chi connectivity index (χ4n) is 2.96. The Bertz CT molecular complexity index is 218. The summed E-state index contributed by atoms with van der Waals surface area (Å²) in [5.41, 5.74) is 0. The third-order valence-corrected chi connectivity index (χ3v) is 4.22. The van der Waals surface area contributed by atoms with Crippen molar-refractivity contribution in [3.8, 4) is 0 Å². The maximum Gasteiger partial charge on any atom is 0.105 e. The Kier molecular flexibility index (Phi) is 12.3. The van der Waals surface area contributed by atoms with Gasteiger partial charge in [0.2, 0.25) is 0 Å². The Morgan fingerprint density at radius 2 is 1.24 bits per heavy atom. The third-order valence-electron chi connectivity index (χ3n) is 4.22. The molecule has 0 rings (SSSR count). The largest absolute Gasteiger partial charge is 0.391 e. The number of nitrogens with zero attached hydrogens (tertiary/aromatic N) is 1. The van der Waals surface area contributed by atoms with Gasteiger partial charge < -0.3 is 19.8 Å². The minimum atomic E-state index is -0.337. The van der Waals surface area contributed by atoms with E-state index in [9.17, 15) is 15.3 Å². The van der Waals surface area contributed by atoms with Gasteiger partial charge in [0.15, 0.2) is 0 Å². The fraction of sp³-hybridized carbons (Fsp3) is 1.00. The highest BCUT2D eigenvalue weighted by molar-refractivity contribution is 4.60. The first kappa shape index (κ1) is 20.8. The molecule has 0 aromatic rings. The molecule has 2 unspecified atom stereocenters. The summed E-state index contributed by atoms with van der Waals surface area (Å²) in [6, 6.07) is 0. The van der Waals surface area contributed by atoms with Crippen LogP contribution in [0.4, 0.5) is 0 Å². The number of hydrogen-bond donors (Lipinski definition) is 3. The Morgan fingerprint density at radius 3 is 1.57 bits per heavy atom. The van der Waals surface area contributed by atoms with Crippen molar-refractivity contribution in [2.75, 3.05) is 33.3 Å². The number of quaternary nitrogens is 1. The lowest BCUT2D eigenvalue weighted by Gasteiger charge is -2.37. The molecule has 0 saturated carbocycles. The van der Waals surface area contributed by atoms with Crippen molar-refractivity contribution in [3.05, 3.63) is 0 Å². The van der Waals surface area contributed by atoms with Crippen molar-refractivity contribution >= 4 is 0 Å². The second-order valence-corrected chi connectivity index (χ2v) is 6.73. The zero-order valence-corrected chi connectivity index (χ0v) is 14.4. The van der Waals surface area contributed by atoms with Gasteiger partial charge in [0.25, 0.3) is 0 Å². The molecule has 3 N–H and O–H groups in total. The second-order valence-electron chi connectivity index (χ2n) is 6.73. The molecule has 128 valence electrons. The maximum atomic E-state index is 10.2. The van der Waals surface area contributed by atoms with Gasteiger partial charge in [0, 0.05) is 0 Å². The Hall–Kier alpha value is -0.160. The van der Waals surface area contributed by atoms with Crippen LogP contribution < -0.4 is 0 Å². The summed E-state index contributed by atoms with van der Waals surface area (Å²) in [4.78, 5) is 0. The van der Waals surface area contributed by atoms with Gasteiger partial charge in [-0.2, -0.15) is 0 Å². The van der Waals surface area contributed by atoms with E-state index in [2.05, 4.69) is 13.8 Å². The summed E-state index contributed by atoms with van der Waals surface area (Å²) in [5.74, 6) is 0. The van der Waals surface area contributed by atoms with Crippen LogP contribution in [-0.2, 0) is 0 Å². The van der Waals surface area contributed by atoms with Gasteiger partial charge in [-0.3, -0.25) is 0 Å². The number of hydrogen-bond acceptors (Lipinski definition) is 3. The molecule has 0 bridgehead atoms. The molecule has 0 saturated heterocycles. The Balaban J connectivity index is 4.25. The highest BCUT2D eigenvalue weighted by Gasteiger charge is 2.27. The minimum Gasteiger partial charge on any atom is -0.391 e. The first-order valence-corrected chi connectivity index (χ1v) is 8.78. The van der Waals surface area contributed by atoms with E-state index < -0.39 is 0 Å². The highest BCUT2D eigenvalue weighted by Crippen LogP contribution is 2.13. The van der Waals surface area contributed by atoms with Crippen LogP contribution in [0.1, 0.15) is 65.2 Å². The standard InChI is InChI=1S/C17H38NO3/c1-4-6-8-10-16(20)14-18(3,12-13-19)15-17(21)11-9-7-5-2/h16-17,19-21H,4-15H2,1-3H3/q+1. The normalized spacial score (nSPS) is 17.4. The molecule has 0 fully saturated rings. The molecule has 21 heavy (non-hydrogen) atoms. The summed E-state index contributed by atoms with van der Waals surface area (Å²) in [6.07, 6.45) is 7.69. The summed E-state index contributed by atoms with van der Waals surface area (Å²) in [6.45, 7) is 6.25. The van der Waals surface area contributed by atoms with Gasteiger partial charge in [-0.1, -0.05) is 52.4 Å². The zero-order chi connectivity index (χ0) is 16.1. The molecular formula is C17H38NO3+. The Morgan fingerprint density at radius 1 is 0.810 bits per heavy atom. The molecule has 4 nitrogen and oxygen atoms in total. The van der Waals surface area contributed by atoms with E-state index in [4.69, 9.17) is 0 Å². The zero-order valence-electron chi connectivity index (χ0n) is 14.4. The molecule has 0 radical (unpaired) electrons. The average molecular weight is 304 g/mol. The first-order chi connectivity index (χ1) is 9.97. The van der Waals surface area contributed by atoms with Crippen LogP contribution >= 0.6 is 0 Å². The number of rotatable bonds is 14. The summed E-state index contributed by atoms with van der Waals surface area (Å²) in [7, 11) is 2.03. The smallest absolute Gasteiger partial charge is 0.105 e. The number of aliphatic hydroxyl groups is 3. The van der Waals surface area contributed by atoms with Crippen molar-refractivity contribution in [1.29, 1.82) is 0 Å². The van der Waals surface area contributed by atoms with Crippen molar-refractivity contribution in [2.45, 2.75) is 77.4 Å². The lowest BCUT2D eigenvalue weighted by Crippen LogP contribution is -2.54. The van der Waals surface area contributed by atoms with Crippen LogP contribution in [0.25, 0.3) is 0 Å². The first-order valence-electron chi connectivity index (χ1n) is 8.78. The van der Waals surface area contributed by atoms with E-state index in [1.54, 1.807) is 0 Å². The third kappa shape index (κ3) is 11.1. The van der Waals surface area contributed by atoms with Gasteiger partial charge in [-0.15, -0.1) is 0 Å². The molecule has 0 heterocycles. The molecule has 2 atom stereocenters. The van der Waals surface area contributed by atoms with Crippen LogP contribution in [0.5, 0.6) is 0 Å².